The molecular weight excluding hydrogens is 260 g/mol. The molecular formula is C17H26N4. The van der Waals surface area contributed by atoms with E-state index in [1.54, 1.807) is 0 Å². The van der Waals surface area contributed by atoms with Crippen LogP contribution in [0.25, 0.3) is 11.0 Å². The van der Waals surface area contributed by atoms with Gasteiger partial charge in [-0.2, -0.15) is 0 Å². The molecule has 1 fully saturated rings. The zero-order valence-corrected chi connectivity index (χ0v) is 12.9. The number of aromatic nitrogens is 2. The summed E-state index contributed by atoms with van der Waals surface area (Å²) in [4.78, 5) is 10.3. The topological polar surface area (TPSA) is 44.0 Å². The summed E-state index contributed by atoms with van der Waals surface area (Å²) in [5.74, 6) is 0. The van der Waals surface area contributed by atoms with Crippen LogP contribution in [-0.4, -0.2) is 40.5 Å². The first-order valence-electron chi connectivity index (χ1n) is 8.23. The van der Waals surface area contributed by atoms with Crippen LogP contribution in [0.15, 0.2) is 24.5 Å². The van der Waals surface area contributed by atoms with Crippen molar-refractivity contribution in [3.05, 3.63) is 30.1 Å². The zero-order chi connectivity index (χ0) is 14.5. The minimum Gasteiger partial charge on any atom is -0.346 e. The largest absolute Gasteiger partial charge is 0.346 e. The van der Waals surface area contributed by atoms with Gasteiger partial charge in [0, 0.05) is 36.9 Å². The number of hydrogen-bond donors (Lipinski definition) is 2. The fourth-order valence-electron chi connectivity index (χ4n) is 3.23. The summed E-state index contributed by atoms with van der Waals surface area (Å²) >= 11 is 0. The Bertz CT molecular complexity index is 557. The molecule has 0 saturated carbocycles. The highest BCUT2D eigenvalue weighted by Crippen LogP contribution is 2.19. The molecule has 2 aromatic rings. The molecule has 0 amide bonds. The van der Waals surface area contributed by atoms with E-state index >= 15 is 0 Å². The Morgan fingerprint density at radius 1 is 1.43 bits per heavy atom. The summed E-state index contributed by atoms with van der Waals surface area (Å²) < 4.78 is 0. The van der Waals surface area contributed by atoms with E-state index in [1.165, 1.54) is 49.7 Å². The fourth-order valence-corrected chi connectivity index (χ4v) is 3.23. The number of pyridine rings is 1. The van der Waals surface area contributed by atoms with Gasteiger partial charge in [-0.25, -0.2) is 4.98 Å². The van der Waals surface area contributed by atoms with E-state index < -0.39 is 0 Å². The lowest BCUT2D eigenvalue weighted by Gasteiger charge is -2.25. The Kier molecular flexibility index (Phi) is 4.88. The summed E-state index contributed by atoms with van der Waals surface area (Å²) in [5.41, 5.74) is 2.37. The SMILES string of the molecule is CCCCN(Cc1c[nH]c2ncccc12)CC1CCCN1. The lowest BCUT2D eigenvalue weighted by molar-refractivity contribution is 0.238. The van der Waals surface area contributed by atoms with Crippen LogP contribution in [0.5, 0.6) is 0 Å². The first-order valence-corrected chi connectivity index (χ1v) is 8.23. The molecule has 3 rings (SSSR count). The standard InChI is InChI=1S/C17H26N4/c1-2-3-10-21(13-15-6-4-8-18-15)12-14-11-20-17-16(14)7-5-9-19-17/h5,7,9,11,15,18H,2-4,6,8,10,12-13H2,1H3,(H,19,20). The minimum atomic E-state index is 0.671. The number of nitrogens with one attached hydrogen (secondary N) is 2. The molecule has 0 aromatic carbocycles. The van der Waals surface area contributed by atoms with E-state index in [0.29, 0.717) is 6.04 Å². The number of rotatable bonds is 7. The molecule has 2 aromatic heterocycles. The molecule has 1 saturated heterocycles. The summed E-state index contributed by atoms with van der Waals surface area (Å²) in [6.45, 7) is 6.81. The molecule has 3 heterocycles. The molecule has 0 bridgehead atoms. The fraction of sp³-hybridized carbons (Fsp3) is 0.588. The molecule has 1 unspecified atom stereocenters. The highest BCUT2D eigenvalue weighted by Gasteiger charge is 2.18. The molecule has 0 radical (unpaired) electrons. The molecule has 0 aliphatic carbocycles. The third-order valence-corrected chi connectivity index (χ3v) is 4.40. The second-order valence-corrected chi connectivity index (χ2v) is 6.10. The maximum Gasteiger partial charge on any atom is 0.137 e. The number of hydrogen-bond acceptors (Lipinski definition) is 3. The number of fused-ring (bicyclic) bond motifs is 1. The van der Waals surface area contributed by atoms with E-state index in [4.69, 9.17) is 0 Å². The van der Waals surface area contributed by atoms with Crippen LogP contribution in [0.2, 0.25) is 0 Å². The summed E-state index contributed by atoms with van der Waals surface area (Å²) in [7, 11) is 0. The van der Waals surface area contributed by atoms with Crippen molar-refractivity contribution in [2.45, 2.75) is 45.2 Å². The normalized spacial score (nSPS) is 18.9. The number of nitrogens with zero attached hydrogens (tertiary/aromatic N) is 2. The van der Waals surface area contributed by atoms with Crippen LogP contribution in [0.1, 0.15) is 38.2 Å². The van der Waals surface area contributed by atoms with Crippen molar-refractivity contribution >= 4 is 11.0 Å². The lowest BCUT2D eigenvalue weighted by atomic mass is 10.1. The van der Waals surface area contributed by atoms with Crippen LogP contribution in [-0.2, 0) is 6.54 Å². The average molecular weight is 286 g/mol. The van der Waals surface area contributed by atoms with Gasteiger partial charge < -0.3 is 10.3 Å². The molecule has 1 aliphatic rings. The van der Waals surface area contributed by atoms with E-state index in [2.05, 4.69) is 39.4 Å². The van der Waals surface area contributed by atoms with Crippen molar-refractivity contribution in [1.82, 2.24) is 20.2 Å². The van der Waals surface area contributed by atoms with Crippen LogP contribution < -0.4 is 5.32 Å². The van der Waals surface area contributed by atoms with Gasteiger partial charge in [-0.1, -0.05) is 13.3 Å². The molecule has 0 spiro atoms. The molecule has 1 atom stereocenters. The van der Waals surface area contributed by atoms with Crippen molar-refractivity contribution in [2.75, 3.05) is 19.6 Å². The Labute approximate surface area is 126 Å². The zero-order valence-electron chi connectivity index (χ0n) is 12.9. The number of aromatic amines is 1. The molecule has 21 heavy (non-hydrogen) atoms. The highest BCUT2D eigenvalue weighted by atomic mass is 15.2. The van der Waals surface area contributed by atoms with E-state index in [9.17, 15) is 0 Å². The molecule has 4 nitrogen and oxygen atoms in total. The van der Waals surface area contributed by atoms with Crippen molar-refractivity contribution < 1.29 is 0 Å². The van der Waals surface area contributed by atoms with Gasteiger partial charge in [-0.3, -0.25) is 4.90 Å². The molecule has 1 aliphatic heterocycles. The summed E-state index contributed by atoms with van der Waals surface area (Å²) in [5, 5.41) is 4.88. The monoisotopic (exact) mass is 286 g/mol. The van der Waals surface area contributed by atoms with Gasteiger partial charge in [0.25, 0.3) is 0 Å². The maximum atomic E-state index is 4.39. The second kappa shape index (κ2) is 7.05. The maximum absolute atomic E-state index is 4.39. The Morgan fingerprint density at radius 3 is 3.19 bits per heavy atom. The van der Waals surface area contributed by atoms with Crippen LogP contribution in [0, 0.1) is 0 Å². The summed E-state index contributed by atoms with van der Waals surface area (Å²) in [6.07, 6.45) is 9.14. The van der Waals surface area contributed by atoms with Crippen molar-refractivity contribution in [3.8, 4) is 0 Å². The van der Waals surface area contributed by atoms with Crippen molar-refractivity contribution in [1.29, 1.82) is 0 Å². The lowest BCUT2D eigenvalue weighted by Crippen LogP contribution is -2.37. The van der Waals surface area contributed by atoms with E-state index in [1.807, 2.05) is 12.3 Å². The minimum absolute atomic E-state index is 0.671. The van der Waals surface area contributed by atoms with Gasteiger partial charge in [-0.05, 0) is 50.0 Å². The smallest absolute Gasteiger partial charge is 0.137 e. The molecule has 2 N–H and O–H groups in total. The van der Waals surface area contributed by atoms with Gasteiger partial charge in [-0.15, -0.1) is 0 Å². The highest BCUT2D eigenvalue weighted by molar-refractivity contribution is 5.79. The molecule has 4 heteroatoms. The van der Waals surface area contributed by atoms with Gasteiger partial charge in [0.15, 0.2) is 0 Å². The number of H-pyrrole nitrogens is 1. The summed E-state index contributed by atoms with van der Waals surface area (Å²) in [6, 6.07) is 4.86. The van der Waals surface area contributed by atoms with Gasteiger partial charge in [0.1, 0.15) is 5.65 Å². The van der Waals surface area contributed by atoms with Crippen molar-refractivity contribution in [3.63, 3.8) is 0 Å². The van der Waals surface area contributed by atoms with E-state index in [0.717, 1.165) is 18.7 Å². The van der Waals surface area contributed by atoms with Crippen molar-refractivity contribution in [2.24, 2.45) is 0 Å². The van der Waals surface area contributed by atoms with Crippen LogP contribution in [0.3, 0.4) is 0 Å². The third-order valence-electron chi connectivity index (χ3n) is 4.40. The quantitative estimate of drug-likeness (QED) is 0.822. The second-order valence-electron chi connectivity index (χ2n) is 6.10. The van der Waals surface area contributed by atoms with Crippen LogP contribution in [0.4, 0.5) is 0 Å². The Balaban J connectivity index is 1.70. The van der Waals surface area contributed by atoms with Crippen LogP contribution >= 0.6 is 0 Å². The number of unbranched alkanes of at least 4 members (excludes halogenated alkanes) is 1. The Hall–Kier alpha value is -1.39. The molecule has 114 valence electrons. The van der Waals surface area contributed by atoms with Gasteiger partial charge in [0.2, 0.25) is 0 Å². The predicted octanol–water partition coefficient (Wildman–Crippen LogP) is 2.92. The predicted molar refractivity (Wildman–Crippen MR) is 87.3 cm³/mol. The van der Waals surface area contributed by atoms with E-state index in [-0.39, 0.29) is 0 Å². The third kappa shape index (κ3) is 3.63. The average Bonchev–Trinajstić information content (AvgIpc) is 3.15. The first kappa shape index (κ1) is 14.5. The Morgan fingerprint density at radius 2 is 2.38 bits per heavy atom. The van der Waals surface area contributed by atoms with Gasteiger partial charge >= 0.3 is 0 Å². The first-order chi connectivity index (χ1) is 10.4. The van der Waals surface area contributed by atoms with Gasteiger partial charge in [0.05, 0.1) is 0 Å².